The number of hydrogen-bond acceptors (Lipinski definition) is 6. The lowest BCUT2D eigenvalue weighted by Crippen LogP contribution is -2.54. The third-order valence-electron chi connectivity index (χ3n) is 8.82. The fourth-order valence-electron chi connectivity index (χ4n) is 7.22. The first-order chi connectivity index (χ1) is 20.0. The van der Waals surface area contributed by atoms with E-state index in [1.807, 2.05) is 67.7 Å². The minimum absolute atomic E-state index is 0.198. The Hall–Kier alpha value is -4.33. The summed E-state index contributed by atoms with van der Waals surface area (Å²) in [7, 11) is 0. The third kappa shape index (κ3) is 3.30. The molecule has 2 heterocycles. The van der Waals surface area contributed by atoms with E-state index < -0.39 is 17.3 Å². The summed E-state index contributed by atoms with van der Waals surface area (Å²) in [6.45, 7) is 1.89. The van der Waals surface area contributed by atoms with E-state index in [2.05, 4.69) is 34.7 Å². The summed E-state index contributed by atoms with van der Waals surface area (Å²) in [6.07, 6.45) is 1.84. The molecule has 200 valence electrons. The Labute approximate surface area is 245 Å². The molecule has 2 bridgehead atoms. The number of amides is 2. The maximum atomic E-state index is 14.5. The van der Waals surface area contributed by atoms with Crippen LogP contribution in [0.15, 0.2) is 96.1 Å². The van der Waals surface area contributed by atoms with Gasteiger partial charge in [-0.05, 0) is 59.0 Å². The van der Waals surface area contributed by atoms with Crippen LogP contribution < -0.4 is 10.3 Å². The van der Waals surface area contributed by atoms with Crippen molar-refractivity contribution in [2.75, 3.05) is 10.3 Å². The Kier molecular flexibility index (Phi) is 5.27. The van der Waals surface area contributed by atoms with Crippen molar-refractivity contribution in [1.82, 2.24) is 4.98 Å². The molecule has 4 aliphatic rings. The number of thiazole rings is 1. The number of carbonyl (C=O) groups excluding carboxylic acids is 2. The van der Waals surface area contributed by atoms with Gasteiger partial charge in [-0.2, -0.15) is 5.10 Å². The number of anilines is 2. The number of fused-ring (bicyclic) bond motifs is 1. The lowest BCUT2D eigenvalue weighted by atomic mass is 9.47. The van der Waals surface area contributed by atoms with Gasteiger partial charge in [0.15, 0.2) is 0 Å². The zero-order valence-electron chi connectivity index (χ0n) is 21.9. The van der Waals surface area contributed by atoms with Gasteiger partial charge in [0.1, 0.15) is 0 Å². The quantitative estimate of drug-likeness (QED) is 0.144. The first-order valence-corrected chi connectivity index (χ1v) is 14.7. The zero-order chi connectivity index (χ0) is 27.9. The van der Waals surface area contributed by atoms with Gasteiger partial charge >= 0.3 is 0 Å². The number of aromatic nitrogens is 1. The van der Waals surface area contributed by atoms with E-state index in [1.54, 1.807) is 12.1 Å². The summed E-state index contributed by atoms with van der Waals surface area (Å²) < 4.78 is 1.06. The van der Waals surface area contributed by atoms with E-state index in [0.717, 1.165) is 38.0 Å². The van der Waals surface area contributed by atoms with Gasteiger partial charge < -0.3 is 0 Å². The molecule has 2 amide bonds. The summed E-state index contributed by atoms with van der Waals surface area (Å²) in [6, 6.07) is 29.6. The fraction of sp³-hybridized carbons (Fsp3) is 0.152. The molecule has 0 spiro atoms. The average molecular weight is 575 g/mol. The second-order valence-corrected chi connectivity index (χ2v) is 12.3. The molecule has 4 aromatic carbocycles. The second-order valence-electron chi connectivity index (χ2n) is 10.8. The van der Waals surface area contributed by atoms with Crippen LogP contribution in [-0.2, 0) is 15.0 Å². The lowest BCUT2D eigenvalue weighted by molar-refractivity contribution is -0.122. The van der Waals surface area contributed by atoms with Crippen molar-refractivity contribution < 1.29 is 9.59 Å². The Balaban J connectivity index is 1.33. The number of halogens is 1. The molecule has 5 aromatic rings. The summed E-state index contributed by atoms with van der Waals surface area (Å²) in [4.78, 5) is 34.9. The van der Waals surface area contributed by atoms with Gasteiger partial charge in [0.05, 0.1) is 33.2 Å². The Bertz CT molecular complexity index is 1870. The van der Waals surface area contributed by atoms with Crippen molar-refractivity contribution in [2.24, 2.45) is 16.9 Å². The lowest BCUT2D eigenvalue weighted by Gasteiger charge is -2.52. The number of carbonyl (C=O) groups is 2. The van der Waals surface area contributed by atoms with Crippen molar-refractivity contribution in [2.45, 2.75) is 18.3 Å². The van der Waals surface area contributed by atoms with Crippen LogP contribution in [0.4, 0.5) is 10.8 Å². The molecular weight excluding hydrogens is 552 g/mol. The maximum absolute atomic E-state index is 14.5. The van der Waals surface area contributed by atoms with Gasteiger partial charge in [-0.25, -0.2) is 9.88 Å². The molecule has 0 saturated carbocycles. The standard InChI is InChI=1S/C33H23ClN4O2S/c1-18-14-15-19(34)16-25(18)38-30(39)28-27-20-8-2-4-10-22(20)33(29(28)31(38)40,23-11-5-3-9-21(23)27)17-35-37-32-36-24-12-6-7-13-26(24)41-32/h2-17,27-29H,1H3,(H,36,37)/b35-17-/t27?,28-,29+,33?/m1/s1. The highest BCUT2D eigenvalue weighted by Gasteiger charge is 2.68. The Morgan fingerprint density at radius 1 is 0.927 bits per heavy atom. The van der Waals surface area contributed by atoms with Gasteiger partial charge in [0.25, 0.3) is 0 Å². The topological polar surface area (TPSA) is 74.7 Å². The molecule has 1 aliphatic heterocycles. The van der Waals surface area contributed by atoms with Gasteiger partial charge in [-0.15, -0.1) is 0 Å². The van der Waals surface area contributed by atoms with Crippen LogP contribution in [0, 0.1) is 18.8 Å². The van der Waals surface area contributed by atoms with Crippen molar-refractivity contribution in [3.8, 4) is 0 Å². The van der Waals surface area contributed by atoms with Crippen molar-refractivity contribution in [1.29, 1.82) is 0 Å². The molecule has 1 N–H and O–H groups in total. The van der Waals surface area contributed by atoms with Crippen molar-refractivity contribution >= 4 is 62.0 Å². The predicted octanol–water partition coefficient (Wildman–Crippen LogP) is 6.91. The third-order valence-corrected chi connectivity index (χ3v) is 9.99. The highest BCUT2D eigenvalue weighted by Crippen LogP contribution is 2.63. The highest BCUT2D eigenvalue weighted by molar-refractivity contribution is 7.22. The van der Waals surface area contributed by atoms with E-state index in [1.165, 1.54) is 16.2 Å². The highest BCUT2D eigenvalue weighted by atomic mass is 35.5. The van der Waals surface area contributed by atoms with Crippen LogP contribution in [0.25, 0.3) is 10.2 Å². The van der Waals surface area contributed by atoms with E-state index in [-0.39, 0.29) is 17.7 Å². The number of hydrogen-bond donors (Lipinski definition) is 1. The number of hydrazone groups is 1. The van der Waals surface area contributed by atoms with Crippen molar-refractivity contribution in [3.63, 3.8) is 0 Å². The molecule has 0 unspecified atom stereocenters. The molecule has 41 heavy (non-hydrogen) atoms. The van der Waals surface area contributed by atoms with Gasteiger partial charge in [0, 0.05) is 17.2 Å². The second kappa shape index (κ2) is 8.83. The van der Waals surface area contributed by atoms with Crippen LogP contribution in [-0.4, -0.2) is 23.0 Å². The van der Waals surface area contributed by atoms with E-state index in [0.29, 0.717) is 15.8 Å². The minimum atomic E-state index is -0.954. The smallest absolute Gasteiger partial charge is 0.239 e. The molecule has 6 nitrogen and oxygen atoms in total. The normalized spacial score (nSPS) is 24.1. The summed E-state index contributed by atoms with van der Waals surface area (Å²) in [5.41, 5.74) is 8.56. The number of benzene rings is 4. The zero-order valence-corrected chi connectivity index (χ0v) is 23.5. The van der Waals surface area contributed by atoms with Crippen LogP contribution in [0.5, 0.6) is 0 Å². The van der Waals surface area contributed by atoms with Crippen LogP contribution in [0.1, 0.15) is 33.7 Å². The molecule has 1 saturated heterocycles. The molecule has 0 radical (unpaired) electrons. The molecule has 3 aliphatic carbocycles. The van der Waals surface area contributed by atoms with Crippen LogP contribution >= 0.6 is 22.9 Å². The summed E-state index contributed by atoms with van der Waals surface area (Å²) in [5.74, 6) is -1.90. The van der Waals surface area contributed by atoms with E-state index in [4.69, 9.17) is 16.7 Å². The number of nitrogens with one attached hydrogen (secondary N) is 1. The van der Waals surface area contributed by atoms with Crippen molar-refractivity contribution in [3.05, 3.63) is 124 Å². The predicted molar refractivity (Wildman–Crippen MR) is 163 cm³/mol. The number of para-hydroxylation sites is 1. The van der Waals surface area contributed by atoms with Gasteiger partial charge in [0.2, 0.25) is 16.9 Å². The van der Waals surface area contributed by atoms with Crippen LogP contribution in [0.3, 0.4) is 0 Å². The number of aryl methyl sites for hydroxylation is 1. The summed E-state index contributed by atoms with van der Waals surface area (Å²) >= 11 is 7.87. The average Bonchev–Trinajstić information content (AvgIpc) is 3.53. The first-order valence-electron chi connectivity index (χ1n) is 13.5. The molecule has 1 fully saturated rings. The summed E-state index contributed by atoms with van der Waals surface area (Å²) in [5, 5.41) is 5.88. The largest absolute Gasteiger partial charge is 0.274 e. The molecule has 2 atom stereocenters. The molecule has 9 rings (SSSR count). The SMILES string of the molecule is Cc1ccc(Cl)cc1N1C(=O)[C@@H]2C3c4ccccc4C(/C=N\Nc4nc5ccccc5s4)(c4ccccc43)[C@@H]2C1=O. The van der Waals surface area contributed by atoms with E-state index >= 15 is 0 Å². The van der Waals surface area contributed by atoms with E-state index in [9.17, 15) is 9.59 Å². The minimum Gasteiger partial charge on any atom is -0.274 e. The molecule has 8 heteroatoms. The maximum Gasteiger partial charge on any atom is 0.239 e. The Morgan fingerprint density at radius 2 is 1.61 bits per heavy atom. The fourth-order valence-corrected chi connectivity index (χ4v) is 8.20. The number of rotatable bonds is 4. The van der Waals surface area contributed by atoms with Gasteiger partial charge in [-0.1, -0.05) is 89.7 Å². The van der Waals surface area contributed by atoms with Crippen LogP contribution in [0.2, 0.25) is 5.02 Å². The first kappa shape index (κ1) is 24.5. The molecule has 1 aromatic heterocycles. The Morgan fingerprint density at radius 3 is 2.34 bits per heavy atom. The molecular formula is C33H23ClN4O2S. The van der Waals surface area contributed by atoms with Gasteiger partial charge in [-0.3, -0.25) is 15.0 Å². The number of imide groups is 1. The monoisotopic (exact) mass is 574 g/mol. The number of nitrogens with zero attached hydrogens (tertiary/aromatic N) is 3.